The van der Waals surface area contributed by atoms with Crippen molar-refractivity contribution in [3.63, 3.8) is 0 Å². The lowest BCUT2D eigenvalue weighted by atomic mass is 9.96. The predicted molar refractivity (Wildman–Crippen MR) is 102 cm³/mol. The SMILES string of the molecule is NC(=O)c1ccc(Oc2ccc(C(=O)NC3CC4CCN(C4)C3)cc2)cc1. The number of nitrogens with two attached hydrogens (primary N) is 1. The lowest BCUT2D eigenvalue weighted by Gasteiger charge is -2.30. The maximum absolute atomic E-state index is 12.5. The van der Waals surface area contributed by atoms with Crippen LogP contribution in [0, 0.1) is 5.92 Å². The summed E-state index contributed by atoms with van der Waals surface area (Å²) in [6, 6.07) is 13.9. The number of rotatable bonds is 5. The van der Waals surface area contributed by atoms with Gasteiger partial charge in [-0.25, -0.2) is 0 Å². The maximum Gasteiger partial charge on any atom is 0.251 e. The Morgan fingerprint density at radius 3 is 2.19 bits per heavy atom. The van der Waals surface area contributed by atoms with Crippen LogP contribution in [0.4, 0.5) is 0 Å². The highest BCUT2D eigenvalue weighted by Gasteiger charge is 2.32. The molecule has 140 valence electrons. The highest BCUT2D eigenvalue weighted by molar-refractivity contribution is 5.94. The largest absolute Gasteiger partial charge is 0.457 e. The number of ether oxygens (including phenoxy) is 1. The Hall–Kier alpha value is -2.86. The Bertz CT molecular complexity index is 821. The van der Waals surface area contributed by atoms with Gasteiger partial charge in [0, 0.05) is 30.3 Å². The van der Waals surface area contributed by atoms with Crippen LogP contribution in [0.5, 0.6) is 11.5 Å². The molecule has 0 aromatic heterocycles. The summed E-state index contributed by atoms with van der Waals surface area (Å²) in [6.45, 7) is 3.28. The van der Waals surface area contributed by atoms with Crippen molar-refractivity contribution in [1.29, 1.82) is 0 Å². The molecule has 6 nitrogen and oxygen atoms in total. The Kier molecular flexibility index (Phi) is 4.81. The first kappa shape index (κ1) is 17.5. The molecule has 6 heteroatoms. The van der Waals surface area contributed by atoms with Gasteiger partial charge in [-0.2, -0.15) is 0 Å². The van der Waals surface area contributed by atoms with E-state index in [0.717, 1.165) is 25.4 Å². The molecule has 2 saturated heterocycles. The molecule has 2 aliphatic rings. The highest BCUT2D eigenvalue weighted by atomic mass is 16.5. The van der Waals surface area contributed by atoms with Gasteiger partial charge in [-0.3, -0.25) is 9.59 Å². The molecule has 3 unspecified atom stereocenters. The zero-order valence-electron chi connectivity index (χ0n) is 15.1. The molecule has 4 rings (SSSR count). The zero-order valence-corrected chi connectivity index (χ0v) is 15.1. The minimum Gasteiger partial charge on any atom is -0.457 e. The topological polar surface area (TPSA) is 84.7 Å². The first-order valence-electron chi connectivity index (χ1n) is 9.28. The van der Waals surface area contributed by atoms with Crippen molar-refractivity contribution in [3.8, 4) is 11.5 Å². The summed E-state index contributed by atoms with van der Waals surface area (Å²) in [5.74, 6) is 1.43. The summed E-state index contributed by atoms with van der Waals surface area (Å²) >= 11 is 0. The first-order valence-corrected chi connectivity index (χ1v) is 9.28. The summed E-state index contributed by atoms with van der Waals surface area (Å²) in [4.78, 5) is 26.0. The quantitative estimate of drug-likeness (QED) is 0.852. The van der Waals surface area contributed by atoms with E-state index in [4.69, 9.17) is 10.5 Å². The minimum atomic E-state index is -0.473. The lowest BCUT2D eigenvalue weighted by Crippen LogP contribution is -2.46. The third kappa shape index (κ3) is 4.11. The fourth-order valence-corrected chi connectivity index (χ4v) is 3.93. The molecular weight excluding hydrogens is 342 g/mol. The van der Waals surface area contributed by atoms with Crippen LogP contribution < -0.4 is 15.8 Å². The van der Waals surface area contributed by atoms with Crippen LogP contribution in [0.25, 0.3) is 0 Å². The Labute approximate surface area is 158 Å². The summed E-state index contributed by atoms with van der Waals surface area (Å²) in [7, 11) is 0. The summed E-state index contributed by atoms with van der Waals surface area (Å²) in [5, 5.41) is 3.16. The summed E-state index contributed by atoms with van der Waals surface area (Å²) < 4.78 is 5.74. The Morgan fingerprint density at radius 1 is 0.963 bits per heavy atom. The van der Waals surface area contributed by atoms with Crippen LogP contribution in [0.15, 0.2) is 48.5 Å². The van der Waals surface area contributed by atoms with Gasteiger partial charge in [-0.05, 0) is 73.8 Å². The van der Waals surface area contributed by atoms with Crippen molar-refractivity contribution in [2.75, 3.05) is 19.6 Å². The second-order valence-corrected chi connectivity index (χ2v) is 7.34. The molecule has 3 atom stereocenters. The molecule has 3 N–H and O–H groups in total. The van der Waals surface area contributed by atoms with E-state index in [1.807, 2.05) is 0 Å². The third-order valence-corrected chi connectivity index (χ3v) is 5.29. The second kappa shape index (κ2) is 7.40. The van der Waals surface area contributed by atoms with Gasteiger partial charge in [0.15, 0.2) is 0 Å². The van der Waals surface area contributed by atoms with Gasteiger partial charge < -0.3 is 20.7 Å². The molecule has 0 radical (unpaired) electrons. The van der Waals surface area contributed by atoms with Crippen LogP contribution in [-0.4, -0.2) is 42.4 Å². The van der Waals surface area contributed by atoms with E-state index in [1.54, 1.807) is 48.5 Å². The molecule has 0 aliphatic carbocycles. The normalized spacial score (nSPS) is 23.6. The van der Waals surface area contributed by atoms with Gasteiger partial charge in [0.2, 0.25) is 5.91 Å². The average molecular weight is 365 g/mol. The molecule has 2 aliphatic heterocycles. The maximum atomic E-state index is 12.5. The van der Waals surface area contributed by atoms with Crippen molar-refractivity contribution < 1.29 is 14.3 Å². The lowest BCUT2D eigenvalue weighted by molar-refractivity contribution is 0.0908. The number of hydrogen-bond acceptors (Lipinski definition) is 4. The van der Waals surface area contributed by atoms with E-state index in [1.165, 1.54) is 13.0 Å². The van der Waals surface area contributed by atoms with E-state index in [-0.39, 0.29) is 11.9 Å². The summed E-state index contributed by atoms with van der Waals surface area (Å²) in [5.41, 5.74) is 6.28. The molecule has 2 bridgehead atoms. The average Bonchev–Trinajstić information content (AvgIpc) is 3.01. The molecule has 0 saturated carbocycles. The number of amides is 2. The number of nitrogens with zero attached hydrogens (tertiary/aromatic N) is 1. The first-order chi connectivity index (χ1) is 13.1. The van der Waals surface area contributed by atoms with Crippen molar-refractivity contribution in [2.45, 2.75) is 18.9 Å². The van der Waals surface area contributed by atoms with Crippen molar-refractivity contribution in [3.05, 3.63) is 59.7 Å². The second-order valence-electron chi connectivity index (χ2n) is 7.34. The number of hydrogen-bond donors (Lipinski definition) is 2. The Morgan fingerprint density at radius 2 is 1.59 bits per heavy atom. The van der Waals surface area contributed by atoms with E-state index in [2.05, 4.69) is 10.2 Å². The number of benzene rings is 2. The van der Waals surface area contributed by atoms with Gasteiger partial charge in [0.25, 0.3) is 5.91 Å². The number of carbonyl (C=O) groups excluding carboxylic acids is 2. The van der Waals surface area contributed by atoms with E-state index >= 15 is 0 Å². The third-order valence-electron chi connectivity index (χ3n) is 5.29. The van der Waals surface area contributed by atoms with Crippen molar-refractivity contribution in [1.82, 2.24) is 10.2 Å². The number of carbonyl (C=O) groups is 2. The Balaban J connectivity index is 1.35. The van der Waals surface area contributed by atoms with Gasteiger partial charge in [-0.1, -0.05) is 0 Å². The fourth-order valence-electron chi connectivity index (χ4n) is 3.93. The minimum absolute atomic E-state index is 0.0418. The van der Waals surface area contributed by atoms with Crippen LogP contribution >= 0.6 is 0 Å². The van der Waals surface area contributed by atoms with Crippen LogP contribution in [0.3, 0.4) is 0 Å². The summed E-state index contributed by atoms with van der Waals surface area (Å²) in [6.07, 6.45) is 2.32. The molecule has 2 heterocycles. The predicted octanol–water partition coefficient (Wildman–Crippen LogP) is 2.40. The zero-order chi connectivity index (χ0) is 18.8. The van der Waals surface area contributed by atoms with Crippen molar-refractivity contribution in [2.24, 2.45) is 11.7 Å². The van der Waals surface area contributed by atoms with Crippen LogP contribution in [0.2, 0.25) is 0 Å². The fraction of sp³-hybridized carbons (Fsp3) is 0.333. The molecule has 2 amide bonds. The smallest absolute Gasteiger partial charge is 0.251 e. The highest BCUT2D eigenvalue weighted by Crippen LogP contribution is 2.27. The van der Waals surface area contributed by atoms with Gasteiger partial charge in [0.1, 0.15) is 11.5 Å². The molecule has 2 fully saturated rings. The van der Waals surface area contributed by atoms with E-state index < -0.39 is 5.91 Å². The number of fused-ring (bicyclic) bond motifs is 2. The standard InChI is InChI=1S/C21H23N3O3/c22-20(25)15-1-5-18(6-2-15)27-19-7-3-16(4-8-19)21(26)23-17-11-14-9-10-24(12-14)13-17/h1-8,14,17H,9-13H2,(H2,22,25)(H,23,26). The van der Waals surface area contributed by atoms with Gasteiger partial charge in [0.05, 0.1) is 0 Å². The molecule has 27 heavy (non-hydrogen) atoms. The van der Waals surface area contributed by atoms with Crippen LogP contribution in [-0.2, 0) is 0 Å². The number of nitrogens with one attached hydrogen (secondary N) is 1. The molecule has 2 aromatic carbocycles. The molecular formula is C21H23N3O3. The van der Waals surface area contributed by atoms with Crippen LogP contribution in [0.1, 0.15) is 33.6 Å². The molecule has 0 spiro atoms. The van der Waals surface area contributed by atoms with Crippen molar-refractivity contribution >= 4 is 11.8 Å². The van der Waals surface area contributed by atoms with Gasteiger partial charge in [-0.15, -0.1) is 0 Å². The van der Waals surface area contributed by atoms with E-state index in [9.17, 15) is 9.59 Å². The number of piperidine rings is 1. The van der Waals surface area contributed by atoms with Gasteiger partial charge >= 0.3 is 0 Å². The number of primary amides is 1. The molecule has 2 aromatic rings. The van der Waals surface area contributed by atoms with E-state index in [0.29, 0.717) is 22.6 Å². The monoisotopic (exact) mass is 365 g/mol.